The van der Waals surface area contributed by atoms with E-state index in [1.54, 1.807) is 0 Å². The highest BCUT2D eigenvalue weighted by molar-refractivity contribution is 4.96. The van der Waals surface area contributed by atoms with E-state index in [-0.39, 0.29) is 6.61 Å². The highest BCUT2D eigenvalue weighted by atomic mass is 19.4. The van der Waals surface area contributed by atoms with Gasteiger partial charge in [-0.25, -0.2) is 0 Å². The van der Waals surface area contributed by atoms with Crippen LogP contribution in [-0.2, 0) is 4.74 Å². The minimum Gasteiger partial charge on any atom is -0.381 e. The number of halogens is 7. The molecule has 0 aliphatic carbocycles. The predicted octanol–water partition coefficient (Wildman–Crippen LogP) is 2.86. The third-order valence-corrected chi connectivity index (χ3v) is 2.22. The normalized spacial score (nSPS) is 24.6. The maximum atomic E-state index is 12.9. The standard InChI is InChI=1S/C7H7F7O/c8-5(9,4-1-2-15-3-4)6(10,11)7(12,13)14/h4H,1-3H2. The second-order valence-corrected chi connectivity index (χ2v) is 3.26. The largest absolute Gasteiger partial charge is 0.459 e. The van der Waals surface area contributed by atoms with E-state index >= 15 is 0 Å². The second-order valence-electron chi connectivity index (χ2n) is 3.26. The summed E-state index contributed by atoms with van der Waals surface area (Å²) in [6, 6.07) is 0. The zero-order chi connectivity index (χ0) is 11.9. The lowest BCUT2D eigenvalue weighted by atomic mass is 9.95. The Balaban J connectivity index is 2.92. The van der Waals surface area contributed by atoms with Crippen molar-refractivity contribution in [2.75, 3.05) is 13.2 Å². The Bertz CT molecular complexity index is 228. The van der Waals surface area contributed by atoms with Gasteiger partial charge in [-0.1, -0.05) is 0 Å². The summed E-state index contributed by atoms with van der Waals surface area (Å²) in [5.41, 5.74) is 0. The van der Waals surface area contributed by atoms with Crippen LogP contribution in [0.4, 0.5) is 30.7 Å². The van der Waals surface area contributed by atoms with Gasteiger partial charge >= 0.3 is 18.0 Å². The van der Waals surface area contributed by atoms with Crippen molar-refractivity contribution >= 4 is 0 Å². The molecule has 1 fully saturated rings. The van der Waals surface area contributed by atoms with E-state index in [1.165, 1.54) is 0 Å². The van der Waals surface area contributed by atoms with Crippen LogP contribution in [-0.4, -0.2) is 31.2 Å². The first kappa shape index (κ1) is 12.5. The Morgan fingerprint density at radius 3 is 1.80 bits per heavy atom. The van der Waals surface area contributed by atoms with E-state index in [9.17, 15) is 30.7 Å². The van der Waals surface area contributed by atoms with Crippen LogP contribution < -0.4 is 0 Å². The van der Waals surface area contributed by atoms with E-state index in [2.05, 4.69) is 4.74 Å². The Morgan fingerprint density at radius 2 is 1.47 bits per heavy atom. The number of hydrogen-bond donors (Lipinski definition) is 0. The average Bonchev–Trinajstić information content (AvgIpc) is 2.53. The van der Waals surface area contributed by atoms with Crippen LogP contribution in [0.2, 0.25) is 0 Å². The van der Waals surface area contributed by atoms with E-state index in [0.717, 1.165) is 0 Å². The van der Waals surface area contributed by atoms with Crippen LogP contribution in [0.3, 0.4) is 0 Å². The van der Waals surface area contributed by atoms with Gasteiger partial charge in [-0.3, -0.25) is 0 Å². The predicted molar refractivity (Wildman–Crippen MR) is 34.9 cm³/mol. The fraction of sp³-hybridized carbons (Fsp3) is 1.00. The summed E-state index contributed by atoms with van der Waals surface area (Å²) >= 11 is 0. The molecular weight excluding hydrogens is 233 g/mol. The molecule has 1 aliphatic rings. The number of ether oxygens (including phenoxy) is 1. The molecule has 0 aromatic rings. The quantitative estimate of drug-likeness (QED) is 0.674. The van der Waals surface area contributed by atoms with Gasteiger partial charge in [-0.05, 0) is 6.42 Å². The van der Waals surface area contributed by atoms with E-state index < -0.39 is 37.0 Å². The van der Waals surface area contributed by atoms with Gasteiger partial charge in [0.05, 0.1) is 12.5 Å². The molecule has 0 aromatic heterocycles. The van der Waals surface area contributed by atoms with Crippen LogP contribution in [0.15, 0.2) is 0 Å². The molecule has 0 amide bonds. The van der Waals surface area contributed by atoms with Gasteiger partial charge in [0, 0.05) is 6.61 Å². The van der Waals surface area contributed by atoms with Gasteiger partial charge in [0.25, 0.3) is 0 Å². The molecule has 1 aliphatic heterocycles. The maximum absolute atomic E-state index is 12.9. The van der Waals surface area contributed by atoms with Crippen LogP contribution in [0.25, 0.3) is 0 Å². The molecular formula is C7H7F7O. The molecule has 1 saturated heterocycles. The molecule has 0 bridgehead atoms. The van der Waals surface area contributed by atoms with Crippen molar-refractivity contribution in [3.8, 4) is 0 Å². The molecule has 0 spiro atoms. The molecule has 1 nitrogen and oxygen atoms in total. The average molecular weight is 240 g/mol. The highest BCUT2D eigenvalue weighted by Gasteiger charge is 2.75. The van der Waals surface area contributed by atoms with Crippen molar-refractivity contribution in [1.29, 1.82) is 0 Å². The molecule has 1 atom stereocenters. The Hall–Kier alpha value is -0.530. The van der Waals surface area contributed by atoms with E-state index in [1.807, 2.05) is 0 Å². The van der Waals surface area contributed by atoms with Gasteiger partial charge in [-0.15, -0.1) is 0 Å². The molecule has 1 unspecified atom stereocenters. The van der Waals surface area contributed by atoms with Crippen LogP contribution in [0.1, 0.15) is 6.42 Å². The monoisotopic (exact) mass is 240 g/mol. The third-order valence-electron chi connectivity index (χ3n) is 2.22. The zero-order valence-electron chi connectivity index (χ0n) is 7.25. The molecule has 15 heavy (non-hydrogen) atoms. The maximum Gasteiger partial charge on any atom is 0.459 e. The van der Waals surface area contributed by atoms with Gasteiger partial charge in [0.2, 0.25) is 0 Å². The van der Waals surface area contributed by atoms with Crippen molar-refractivity contribution in [2.24, 2.45) is 5.92 Å². The summed E-state index contributed by atoms with van der Waals surface area (Å²) in [4.78, 5) is 0. The number of alkyl halides is 7. The SMILES string of the molecule is FC(F)(F)C(F)(F)C(F)(F)C1CCOC1. The number of rotatable bonds is 2. The summed E-state index contributed by atoms with van der Waals surface area (Å²) in [7, 11) is 0. The summed E-state index contributed by atoms with van der Waals surface area (Å²) in [6.45, 7) is -1.01. The topological polar surface area (TPSA) is 9.23 Å². The Morgan fingerprint density at radius 1 is 0.933 bits per heavy atom. The van der Waals surface area contributed by atoms with Crippen LogP contribution in [0, 0.1) is 5.92 Å². The first-order valence-electron chi connectivity index (χ1n) is 4.01. The van der Waals surface area contributed by atoms with Crippen LogP contribution in [0.5, 0.6) is 0 Å². The molecule has 1 heterocycles. The molecule has 0 aromatic carbocycles. The minimum atomic E-state index is -6.25. The summed E-state index contributed by atoms with van der Waals surface area (Å²) < 4.78 is 90.1. The number of hydrogen-bond acceptors (Lipinski definition) is 1. The van der Waals surface area contributed by atoms with Gasteiger partial charge < -0.3 is 4.74 Å². The van der Waals surface area contributed by atoms with Gasteiger partial charge in [0.15, 0.2) is 0 Å². The fourth-order valence-corrected chi connectivity index (χ4v) is 1.27. The molecule has 1 rings (SSSR count). The smallest absolute Gasteiger partial charge is 0.381 e. The van der Waals surface area contributed by atoms with E-state index in [0.29, 0.717) is 0 Å². The zero-order valence-corrected chi connectivity index (χ0v) is 7.25. The van der Waals surface area contributed by atoms with Crippen molar-refractivity contribution in [3.05, 3.63) is 0 Å². The highest BCUT2D eigenvalue weighted by Crippen LogP contribution is 2.51. The molecule has 90 valence electrons. The van der Waals surface area contributed by atoms with E-state index in [4.69, 9.17) is 0 Å². The lowest BCUT2D eigenvalue weighted by molar-refractivity contribution is -0.365. The first-order valence-corrected chi connectivity index (χ1v) is 4.01. The van der Waals surface area contributed by atoms with Crippen molar-refractivity contribution in [1.82, 2.24) is 0 Å². The molecule has 8 heteroatoms. The second kappa shape index (κ2) is 3.50. The van der Waals surface area contributed by atoms with Gasteiger partial charge in [-0.2, -0.15) is 30.7 Å². The van der Waals surface area contributed by atoms with Crippen LogP contribution >= 0.6 is 0 Å². The lowest BCUT2D eigenvalue weighted by Gasteiger charge is -2.31. The summed E-state index contributed by atoms with van der Waals surface area (Å²) in [6.07, 6.45) is -6.75. The Kier molecular flexibility index (Phi) is 2.92. The molecule has 0 radical (unpaired) electrons. The first-order chi connectivity index (χ1) is 6.61. The van der Waals surface area contributed by atoms with Crippen molar-refractivity contribution in [3.63, 3.8) is 0 Å². The molecule has 0 N–H and O–H groups in total. The minimum absolute atomic E-state index is 0.228. The van der Waals surface area contributed by atoms with Gasteiger partial charge in [0.1, 0.15) is 0 Å². The third kappa shape index (κ3) is 1.91. The summed E-state index contributed by atoms with van der Waals surface area (Å²) in [5, 5.41) is 0. The van der Waals surface area contributed by atoms with Crippen molar-refractivity contribution in [2.45, 2.75) is 24.4 Å². The fourth-order valence-electron chi connectivity index (χ4n) is 1.27. The Labute approximate surface area is 80.2 Å². The van der Waals surface area contributed by atoms with Crippen molar-refractivity contribution < 1.29 is 35.5 Å². The lowest BCUT2D eigenvalue weighted by Crippen LogP contribution is -2.55. The summed E-state index contributed by atoms with van der Waals surface area (Å²) in [5.74, 6) is -13.2. The molecule has 0 saturated carbocycles.